The molecule has 0 radical (unpaired) electrons. The third-order valence-electron chi connectivity index (χ3n) is 5.24. The van der Waals surface area contributed by atoms with Crippen molar-refractivity contribution in [1.82, 2.24) is 25.3 Å². The summed E-state index contributed by atoms with van der Waals surface area (Å²) in [5.41, 5.74) is 5.77. The normalized spacial score (nSPS) is 10.1. The molecule has 0 bridgehead atoms. The Morgan fingerprint density at radius 2 is 1.81 bits per heavy atom. The van der Waals surface area contributed by atoms with Crippen LogP contribution in [0.1, 0.15) is 28.4 Å². The lowest BCUT2D eigenvalue weighted by Crippen LogP contribution is -2.30. The van der Waals surface area contributed by atoms with Gasteiger partial charge in [-0.1, -0.05) is 24.0 Å². The first-order valence-corrected chi connectivity index (χ1v) is 10.8. The third-order valence-corrected chi connectivity index (χ3v) is 5.24. The highest BCUT2D eigenvalue weighted by Crippen LogP contribution is 2.24. The number of amides is 2. The molecule has 0 saturated carbocycles. The van der Waals surface area contributed by atoms with E-state index in [2.05, 4.69) is 32.6 Å². The van der Waals surface area contributed by atoms with Gasteiger partial charge in [0.2, 0.25) is 5.91 Å². The lowest BCUT2D eigenvalue weighted by atomic mass is 10.0. The molecule has 0 unspecified atom stereocenters. The Morgan fingerprint density at radius 1 is 1.06 bits per heavy atom. The Bertz CT molecular complexity index is 1540. The first-order chi connectivity index (χ1) is 16.9. The number of pyridine rings is 3. The minimum atomic E-state index is -0.425. The van der Waals surface area contributed by atoms with Crippen LogP contribution in [-0.4, -0.2) is 32.9 Å². The van der Waals surface area contributed by atoms with Gasteiger partial charge in [-0.3, -0.25) is 24.8 Å². The molecule has 3 heterocycles. The van der Waals surface area contributed by atoms with Gasteiger partial charge >= 0.3 is 0 Å². The van der Waals surface area contributed by atoms with E-state index in [1.54, 1.807) is 36.8 Å². The number of nitrogens with one attached hydrogen (secondary N) is 2. The number of halogens is 1. The summed E-state index contributed by atoms with van der Waals surface area (Å²) in [6.07, 6.45) is 4.85. The Balaban J connectivity index is 0.00000361. The SMILES string of the molecule is CC(=O)NCCn1ccc(C#Cc2ccc(-c3cc(C(=O)NN)c4cnccc4n3)cc2)cc1=O.Cl. The van der Waals surface area contributed by atoms with Crippen molar-refractivity contribution < 1.29 is 9.59 Å². The van der Waals surface area contributed by atoms with Crippen LogP contribution in [0.4, 0.5) is 0 Å². The minimum absolute atomic E-state index is 0. The molecular formula is C26H23ClN6O3. The van der Waals surface area contributed by atoms with Crippen LogP contribution in [0.25, 0.3) is 22.2 Å². The number of rotatable bonds is 5. The van der Waals surface area contributed by atoms with E-state index in [1.807, 2.05) is 24.3 Å². The van der Waals surface area contributed by atoms with Gasteiger partial charge in [-0.25, -0.2) is 10.8 Å². The van der Waals surface area contributed by atoms with Gasteiger partial charge in [-0.15, -0.1) is 12.4 Å². The summed E-state index contributed by atoms with van der Waals surface area (Å²) in [6.45, 7) is 2.21. The van der Waals surface area contributed by atoms with Crippen molar-refractivity contribution in [2.24, 2.45) is 5.84 Å². The van der Waals surface area contributed by atoms with E-state index in [4.69, 9.17) is 5.84 Å². The Kier molecular flexibility index (Phi) is 8.52. The maximum Gasteiger partial charge on any atom is 0.265 e. The zero-order valence-corrected chi connectivity index (χ0v) is 20.1. The van der Waals surface area contributed by atoms with E-state index in [0.717, 1.165) is 11.1 Å². The average Bonchev–Trinajstić information content (AvgIpc) is 2.87. The molecule has 1 aromatic carbocycles. The smallest absolute Gasteiger partial charge is 0.265 e. The number of nitrogen functional groups attached to an aromatic ring is 1. The van der Waals surface area contributed by atoms with Crippen LogP contribution in [-0.2, 0) is 11.3 Å². The molecule has 182 valence electrons. The van der Waals surface area contributed by atoms with Crippen LogP contribution in [0.2, 0.25) is 0 Å². The van der Waals surface area contributed by atoms with Gasteiger partial charge in [-0.05, 0) is 30.3 Å². The average molecular weight is 503 g/mol. The summed E-state index contributed by atoms with van der Waals surface area (Å²) in [4.78, 5) is 44.2. The maximum absolute atomic E-state index is 12.3. The fraction of sp³-hybridized carbons (Fsp3) is 0.115. The van der Waals surface area contributed by atoms with Crippen LogP contribution < -0.4 is 22.1 Å². The molecule has 36 heavy (non-hydrogen) atoms. The van der Waals surface area contributed by atoms with E-state index in [0.29, 0.717) is 40.8 Å². The number of fused-ring (bicyclic) bond motifs is 1. The van der Waals surface area contributed by atoms with Gasteiger partial charge < -0.3 is 9.88 Å². The molecule has 4 rings (SSSR count). The number of hydrazine groups is 1. The first kappa shape index (κ1) is 26.1. The minimum Gasteiger partial charge on any atom is -0.355 e. The number of hydrogen-bond donors (Lipinski definition) is 3. The molecule has 3 aromatic heterocycles. The van der Waals surface area contributed by atoms with Crippen LogP contribution in [0.5, 0.6) is 0 Å². The highest BCUT2D eigenvalue weighted by molar-refractivity contribution is 6.06. The Morgan fingerprint density at radius 3 is 2.50 bits per heavy atom. The molecule has 0 aliphatic rings. The lowest BCUT2D eigenvalue weighted by Gasteiger charge is -2.08. The van der Waals surface area contributed by atoms with Crippen LogP contribution >= 0.6 is 12.4 Å². The van der Waals surface area contributed by atoms with Crippen LogP contribution in [0, 0.1) is 11.8 Å². The number of nitrogens with zero attached hydrogens (tertiary/aromatic N) is 3. The van der Waals surface area contributed by atoms with Crippen molar-refractivity contribution in [2.45, 2.75) is 13.5 Å². The second kappa shape index (κ2) is 11.8. The van der Waals surface area contributed by atoms with Crippen molar-refractivity contribution in [3.8, 4) is 23.1 Å². The summed E-state index contributed by atoms with van der Waals surface area (Å²) in [7, 11) is 0. The van der Waals surface area contributed by atoms with Gasteiger partial charge in [0.25, 0.3) is 11.5 Å². The highest BCUT2D eigenvalue weighted by Gasteiger charge is 2.13. The van der Waals surface area contributed by atoms with Crippen molar-refractivity contribution in [3.05, 3.63) is 94.2 Å². The quantitative estimate of drug-likeness (QED) is 0.165. The van der Waals surface area contributed by atoms with E-state index in [9.17, 15) is 14.4 Å². The Hall–Kier alpha value is -4.52. The van der Waals surface area contributed by atoms with Gasteiger partial charge in [0.05, 0.1) is 16.8 Å². The topological polar surface area (TPSA) is 132 Å². The monoisotopic (exact) mass is 502 g/mol. The molecule has 4 aromatic rings. The number of nitrogens with two attached hydrogens (primary N) is 1. The predicted octanol–water partition coefficient (Wildman–Crippen LogP) is 2.02. The second-order valence-electron chi connectivity index (χ2n) is 7.68. The molecule has 0 aliphatic carbocycles. The molecule has 2 amide bonds. The number of aromatic nitrogens is 3. The van der Waals surface area contributed by atoms with Crippen LogP contribution in [0.3, 0.4) is 0 Å². The second-order valence-corrected chi connectivity index (χ2v) is 7.68. The fourth-order valence-corrected chi connectivity index (χ4v) is 3.47. The zero-order chi connectivity index (χ0) is 24.8. The molecule has 0 spiro atoms. The summed E-state index contributed by atoms with van der Waals surface area (Å²) >= 11 is 0. The largest absolute Gasteiger partial charge is 0.355 e. The van der Waals surface area contributed by atoms with Gasteiger partial charge in [-0.2, -0.15) is 0 Å². The van der Waals surface area contributed by atoms with Crippen molar-refractivity contribution >= 4 is 35.1 Å². The van der Waals surface area contributed by atoms with Gasteiger partial charge in [0.1, 0.15) is 0 Å². The van der Waals surface area contributed by atoms with Crippen molar-refractivity contribution in [1.29, 1.82) is 0 Å². The van der Waals surface area contributed by atoms with E-state index >= 15 is 0 Å². The number of benzene rings is 1. The zero-order valence-electron chi connectivity index (χ0n) is 19.3. The third kappa shape index (κ3) is 6.13. The number of carbonyl (C=O) groups is 2. The molecule has 9 nitrogen and oxygen atoms in total. The lowest BCUT2D eigenvalue weighted by molar-refractivity contribution is -0.118. The van der Waals surface area contributed by atoms with E-state index in [1.165, 1.54) is 17.6 Å². The molecule has 4 N–H and O–H groups in total. The van der Waals surface area contributed by atoms with E-state index < -0.39 is 5.91 Å². The predicted molar refractivity (Wildman–Crippen MR) is 139 cm³/mol. The standard InChI is InChI=1S/C26H22N6O3.ClH/c1-17(33)29-11-13-32-12-9-19(14-25(32)34)3-2-18-4-6-20(7-5-18)24-15-21(26(35)31-27)22-16-28-10-8-23(22)30-24;/h4-10,12,14-16H,11,13,27H2,1H3,(H,29,33)(H,31,35);1H. The Labute approximate surface area is 213 Å². The van der Waals surface area contributed by atoms with Crippen LogP contribution in [0.15, 0.2) is 71.9 Å². The molecule has 0 aliphatic heterocycles. The maximum atomic E-state index is 12.3. The van der Waals surface area contributed by atoms with Crippen molar-refractivity contribution in [2.75, 3.05) is 6.54 Å². The van der Waals surface area contributed by atoms with Gasteiger partial charge in [0, 0.05) is 66.7 Å². The summed E-state index contributed by atoms with van der Waals surface area (Å²) in [5, 5.41) is 3.27. The molecule has 0 atom stereocenters. The number of carbonyl (C=O) groups excluding carboxylic acids is 2. The first-order valence-electron chi connectivity index (χ1n) is 10.8. The molecule has 10 heteroatoms. The fourth-order valence-electron chi connectivity index (χ4n) is 3.47. The van der Waals surface area contributed by atoms with Gasteiger partial charge in [0.15, 0.2) is 0 Å². The molecular weight excluding hydrogens is 480 g/mol. The highest BCUT2D eigenvalue weighted by atomic mass is 35.5. The van der Waals surface area contributed by atoms with E-state index in [-0.39, 0.29) is 23.9 Å². The van der Waals surface area contributed by atoms with Crippen molar-refractivity contribution in [3.63, 3.8) is 0 Å². The summed E-state index contributed by atoms with van der Waals surface area (Å²) in [6, 6.07) is 14.1. The molecule has 0 saturated heterocycles. The molecule has 0 fully saturated rings. The summed E-state index contributed by atoms with van der Waals surface area (Å²) < 4.78 is 1.52. The summed E-state index contributed by atoms with van der Waals surface area (Å²) in [5.74, 6) is 10.8. The number of hydrogen-bond acceptors (Lipinski definition) is 6.